The van der Waals surface area contributed by atoms with E-state index in [0.29, 0.717) is 12.2 Å². The summed E-state index contributed by atoms with van der Waals surface area (Å²) >= 11 is 0. The fourth-order valence-corrected chi connectivity index (χ4v) is 3.19. The van der Waals surface area contributed by atoms with Crippen LogP contribution in [0.5, 0.6) is 0 Å². The van der Waals surface area contributed by atoms with Gasteiger partial charge in [0.25, 0.3) is 5.91 Å². The lowest BCUT2D eigenvalue weighted by atomic mass is 9.94. The van der Waals surface area contributed by atoms with Gasteiger partial charge in [0.05, 0.1) is 0 Å². The van der Waals surface area contributed by atoms with Crippen molar-refractivity contribution in [1.29, 1.82) is 0 Å². The number of hydrogen-bond acceptors (Lipinski definition) is 5. The molecule has 3 N–H and O–H groups in total. The highest BCUT2D eigenvalue weighted by Gasteiger charge is 2.21. The van der Waals surface area contributed by atoms with Crippen LogP contribution in [-0.4, -0.2) is 34.9 Å². The van der Waals surface area contributed by atoms with E-state index in [1.165, 1.54) is 5.56 Å². The van der Waals surface area contributed by atoms with Gasteiger partial charge in [-0.05, 0) is 50.9 Å². The van der Waals surface area contributed by atoms with E-state index >= 15 is 0 Å². The second kappa shape index (κ2) is 7.61. The van der Waals surface area contributed by atoms with Crippen LogP contribution in [0, 0.1) is 0 Å². The van der Waals surface area contributed by atoms with Gasteiger partial charge in [-0.15, -0.1) is 0 Å². The van der Waals surface area contributed by atoms with E-state index in [9.17, 15) is 4.79 Å². The number of fused-ring (bicyclic) bond motifs is 1. The molecule has 0 fully saturated rings. The average Bonchev–Trinajstić information content (AvgIpc) is 2.59. The summed E-state index contributed by atoms with van der Waals surface area (Å²) in [6.07, 6.45) is 3.87. The highest BCUT2D eigenvalue weighted by Crippen LogP contribution is 2.22. The van der Waals surface area contributed by atoms with Gasteiger partial charge in [-0.3, -0.25) is 4.79 Å². The Morgan fingerprint density at radius 3 is 2.52 bits per heavy atom. The van der Waals surface area contributed by atoms with Crippen molar-refractivity contribution in [1.82, 2.24) is 20.2 Å². The molecule has 1 heterocycles. The molecule has 6 heteroatoms. The number of aromatic nitrogens is 2. The van der Waals surface area contributed by atoms with E-state index in [1.54, 1.807) is 0 Å². The molecule has 0 radical (unpaired) electrons. The molecule has 0 aliphatic heterocycles. The van der Waals surface area contributed by atoms with Crippen LogP contribution < -0.4 is 11.1 Å². The van der Waals surface area contributed by atoms with Crippen molar-refractivity contribution >= 4 is 11.9 Å². The van der Waals surface area contributed by atoms with E-state index < -0.39 is 0 Å². The fourth-order valence-electron chi connectivity index (χ4n) is 3.19. The van der Waals surface area contributed by atoms with Crippen LogP contribution >= 0.6 is 0 Å². The van der Waals surface area contributed by atoms with Gasteiger partial charge in [-0.25, -0.2) is 9.97 Å². The number of carbonyl (C=O) groups excluding carboxylic acids is 1. The Balaban J connectivity index is 1.68. The zero-order valence-corrected chi connectivity index (χ0v) is 14.9. The maximum Gasteiger partial charge on any atom is 0.270 e. The molecule has 25 heavy (non-hydrogen) atoms. The smallest absolute Gasteiger partial charge is 0.270 e. The molecule has 0 saturated carbocycles. The second-order valence-corrected chi connectivity index (χ2v) is 6.80. The van der Waals surface area contributed by atoms with Gasteiger partial charge in [-0.1, -0.05) is 24.3 Å². The standard InChI is InChI=1S/C19H25N5O/c1-24(2)12-14-9-7-13(8-10-14)11-21-18(25)17-15-5-3-4-6-16(15)22-19(20)23-17/h7-10H,3-6,11-12H2,1-2H3,(H,21,25)(H2,20,22,23). The number of anilines is 1. The highest BCUT2D eigenvalue weighted by atomic mass is 16.1. The number of rotatable bonds is 5. The van der Waals surface area contributed by atoms with E-state index in [0.717, 1.165) is 49.0 Å². The van der Waals surface area contributed by atoms with Gasteiger partial charge in [0, 0.05) is 24.3 Å². The van der Waals surface area contributed by atoms with Crippen LogP contribution in [0.25, 0.3) is 0 Å². The minimum Gasteiger partial charge on any atom is -0.368 e. The Kier molecular flexibility index (Phi) is 5.28. The van der Waals surface area contributed by atoms with Gasteiger partial charge >= 0.3 is 0 Å². The molecule has 3 rings (SSSR count). The topological polar surface area (TPSA) is 84.1 Å². The minimum atomic E-state index is -0.176. The minimum absolute atomic E-state index is 0.176. The number of carbonyl (C=O) groups is 1. The summed E-state index contributed by atoms with van der Waals surface area (Å²) in [5, 5.41) is 2.96. The Bertz CT molecular complexity index is 755. The van der Waals surface area contributed by atoms with Crippen LogP contribution in [0.4, 0.5) is 5.95 Å². The summed E-state index contributed by atoms with van der Waals surface area (Å²) in [6, 6.07) is 8.27. The van der Waals surface area contributed by atoms with Gasteiger partial charge in [0.2, 0.25) is 5.95 Å². The predicted molar refractivity (Wildman–Crippen MR) is 98.1 cm³/mol. The number of nitrogen functional groups attached to an aromatic ring is 1. The molecule has 0 atom stereocenters. The van der Waals surface area contributed by atoms with Crippen LogP contribution in [0.15, 0.2) is 24.3 Å². The van der Waals surface area contributed by atoms with E-state index in [-0.39, 0.29) is 11.9 Å². The van der Waals surface area contributed by atoms with Crippen molar-refractivity contribution in [2.75, 3.05) is 19.8 Å². The molecule has 1 aliphatic carbocycles. The molecule has 2 aromatic rings. The zero-order valence-electron chi connectivity index (χ0n) is 14.9. The number of nitrogens with zero attached hydrogens (tertiary/aromatic N) is 3. The summed E-state index contributed by atoms with van der Waals surface area (Å²) in [7, 11) is 4.09. The largest absolute Gasteiger partial charge is 0.368 e. The van der Waals surface area contributed by atoms with Gasteiger partial charge in [-0.2, -0.15) is 0 Å². The zero-order chi connectivity index (χ0) is 17.8. The first-order valence-electron chi connectivity index (χ1n) is 8.69. The summed E-state index contributed by atoms with van der Waals surface area (Å²) in [6.45, 7) is 1.37. The SMILES string of the molecule is CN(C)Cc1ccc(CNC(=O)c2nc(N)nc3c2CCCC3)cc1. The first kappa shape index (κ1) is 17.4. The maximum atomic E-state index is 12.6. The van der Waals surface area contributed by atoms with Crippen LogP contribution in [-0.2, 0) is 25.9 Å². The summed E-state index contributed by atoms with van der Waals surface area (Å²) in [4.78, 5) is 23.2. The number of aryl methyl sites for hydroxylation is 1. The molecule has 0 spiro atoms. The third-order valence-corrected chi connectivity index (χ3v) is 4.39. The van der Waals surface area contributed by atoms with Gasteiger partial charge in [0.1, 0.15) is 5.69 Å². The summed E-state index contributed by atoms with van der Waals surface area (Å²) in [5.74, 6) is 0.00320. The quantitative estimate of drug-likeness (QED) is 0.869. The molecular formula is C19H25N5O. The average molecular weight is 339 g/mol. The van der Waals surface area contributed by atoms with Crippen LogP contribution in [0.3, 0.4) is 0 Å². The van der Waals surface area contributed by atoms with E-state index in [1.807, 2.05) is 26.2 Å². The number of nitrogens with one attached hydrogen (secondary N) is 1. The molecule has 0 saturated heterocycles. The van der Waals surface area contributed by atoms with E-state index in [2.05, 4.69) is 32.3 Å². The van der Waals surface area contributed by atoms with Crippen LogP contribution in [0.1, 0.15) is 45.7 Å². The Labute approximate surface area is 148 Å². The van der Waals surface area contributed by atoms with Crippen molar-refractivity contribution in [2.24, 2.45) is 0 Å². The van der Waals surface area contributed by atoms with Crippen molar-refractivity contribution < 1.29 is 4.79 Å². The Morgan fingerprint density at radius 1 is 1.12 bits per heavy atom. The monoisotopic (exact) mass is 339 g/mol. The lowest BCUT2D eigenvalue weighted by Gasteiger charge is -2.18. The lowest BCUT2D eigenvalue weighted by Crippen LogP contribution is -2.27. The summed E-state index contributed by atoms with van der Waals surface area (Å²) in [5.41, 5.74) is 10.4. The second-order valence-electron chi connectivity index (χ2n) is 6.80. The maximum absolute atomic E-state index is 12.6. The van der Waals surface area contributed by atoms with Crippen LogP contribution in [0.2, 0.25) is 0 Å². The molecule has 1 aromatic heterocycles. The van der Waals surface area contributed by atoms with Gasteiger partial charge in [0.15, 0.2) is 0 Å². The van der Waals surface area contributed by atoms with Crippen molar-refractivity contribution in [3.8, 4) is 0 Å². The first-order chi connectivity index (χ1) is 12.0. The molecule has 1 aliphatic rings. The molecule has 0 bridgehead atoms. The van der Waals surface area contributed by atoms with Crippen molar-refractivity contribution in [3.05, 3.63) is 52.3 Å². The third-order valence-electron chi connectivity index (χ3n) is 4.39. The third kappa shape index (κ3) is 4.33. The molecule has 6 nitrogen and oxygen atoms in total. The van der Waals surface area contributed by atoms with Gasteiger partial charge < -0.3 is 16.0 Å². The number of benzene rings is 1. The molecule has 132 valence electrons. The number of hydrogen-bond donors (Lipinski definition) is 2. The summed E-state index contributed by atoms with van der Waals surface area (Å²) < 4.78 is 0. The highest BCUT2D eigenvalue weighted by molar-refractivity contribution is 5.94. The fraction of sp³-hybridized carbons (Fsp3) is 0.421. The molecular weight excluding hydrogens is 314 g/mol. The lowest BCUT2D eigenvalue weighted by molar-refractivity contribution is 0.0944. The normalized spacial score (nSPS) is 13.6. The predicted octanol–water partition coefficient (Wildman–Crippen LogP) is 1.93. The Morgan fingerprint density at radius 2 is 1.80 bits per heavy atom. The Hall–Kier alpha value is -2.47. The number of amides is 1. The van der Waals surface area contributed by atoms with Crippen molar-refractivity contribution in [2.45, 2.75) is 38.8 Å². The van der Waals surface area contributed by atoms with E-state index in [4.69, 9.17) is 5.73 Å². The number of nitrogens with two attached hydrogens (primary N) is 1. The first-order valence-corrected chi connectivity index (χ1v) is 8.69. The van der Waals surface area contributed by atoms with Crippen molar-refractivity contribution in [3.63, 3.8) is 0 Å². The molecule has 0 unspecified atom stereocenters. The molecule has 1 amide bonds. The molecule has 1 aromatic carbocycles.